The van der Waals surface area contributed by atoms with Gasteiger partial charge in [-0.15, -0.1) is 0 Å². The fraction of sp³-hybridized carbons (Fsp3) is 0.314. The van der Waals surface area contributed by atoms with Gasteiger partial charge in [0.1, 0.15) is 23.8 Å². The molecule has 8 heteroatoms. The van der Waals surface area contributed by atoms with Gasteiger partial charge in [0.25, 0.3) is 5.91 Å². The van der Waals surface area contributed by atoms with Gasteiger partial charge in [-0.25, -0.2) is 0 Å². The van der Waals surface area contributed by atoms with Crippen LogP contribution in [0.5, 0.6) is 17.2 Å². The summed E-state index contributed by atoms with van der Waals surface area (Å²) in [5.74, 6) is 1.39. The van der Waals surface area contributed by atoms with Crippen molar-refractivity contribution in [2.75, 3.05) is 27.9 Å². The fourth-order valence-corrected chi connectivity index (χ4v) is 4.97. The first-order valence-corrected chi connectivity index (χ1v) is 14.5. The molecular weight excluding hydrogens is 542 g/mol. The van der Waals surface area contributed by atoms with Crippen molar-refractivity contribution in [2.24, 2.45) is 0 Å². The molecule has 1 aromatic heterocycles. The molecule has 4 rings (SSSR count). The summed E-state index contributed by atoms with van der Waals surface area (Å²) in [6.45, 7) is 5.35. The molecule has 8 nitrogen and oxygen atoms in total. The highest BCUT2D eigenvalue weighted by Gasteiger charge is 2.28. The van der Waals surface area contributed by atoms with Gasteiger partial charge < -0.3 is 28.6 Å². The van der Waals surface area contributed by atoms with E-state index in [0.29, 0.717) is 43.1 Å². The van der Waals surface area contributed by atoms with E-state index in [9.17, 15) is 9.59 Å². The zero-order valence-electron chi connectivity index (χ0n) is 25.7. The van der Waals surface area contributed by atoms with Crippen LogP contribution in [0.25, 0.3) is 0 Å². The molecule has 0 aliphatic heterocycles. The molecule has 0 aliphatic carbocycles. The van der Waals surface area contributed by atoms with Gasteiger partial charge in [-0.05, 0) is 60.9 Å². The van der Waals surface area contributed by atoms with Gasteiger partial charge in [0.05, 0.1) is 33.4 Å². The highest BCUT2D eigenvalue weighted by atomic mass is 16.5. The van der Waals surface area contributed by atoms with E-state index < -0.39 is 0 Å². The Morgan fingerprint density at radius 1 is 0.791 bits per heavy atom. The average Bonchev–Trinajstić information content (AvgIpc) is 3.48. The topological polar surface area (TPSA) is 73.2 Å². The Morgan fingerprint density at radius 2 is 1.51 bits per heavy atom. The lowest BCUT2D eigenvalue weighted by molar-refractivity contribution is -0.133. The average molecular weight is 584 g/mol. The number of ether oxygens (including phenoxy) is 3. The SMILES string of the molecule is CCC(C)N(CC(=O)N(Cc1ccccc1)Cc1cccn1Cc1cccc(OC)c1)C(=O)c1ccc(OC)cc1OC. The van der Waals surface area contributed by atoms with Crippen molar-refractivity contribution in [2.45, 2.75) is 45.9 Å². The number of nitrogens with zero attached hydrogens (tertiary/aromatic N) is 3. The van der Waals surface area contributed by atoms with E-state index in [-0.39, 0.29) is 24.4 Å². The van der Waals surface area contributed by atoms with Crippen molar-refractivity contribution in [1.82, 2.24) is 14.4 Å². The zero-order chi connectivity index (χ0) is 30.8. The van der Waals surface area contributed by atoms with E-state index in [4.69, 9.17) is 14.2 Å². The van der Waals surface area contributed by atoms with Crippen LogP contribution < -0.4 is 14.2 Å². The second kappa shape index (κ2) is 15.0. The van der Waals surface area contributed by atoms with E-state index in [0.717, 1.165) is 22.6 Å². The molecular formula is C35H41N3O5. The van der Waals surface area contributed by atoms with Gasteiger partial charge in [-0.2, -0.15) is 0 Å². The molecule has 0 bridgehead atoms. The number of benzene rings is 3. The van der Waals surface area contributed by atoms with Crippen molar-refractivity contribution in [3.05, 3.63) is 114 Å². The molecule has 3 aromatic carbocycles. The molecule has 0 saturated heterocycles. The summed E-state index contributed by atoms with van der Waals surface area (Å²) < 4.78 is 18.4. The Hall–Kier alpha value is -4.72. The lowest BCUT2D eigenvalue weighted by atomic mass is 10.1. The predicted octanol–water partition coefficient (Wildman–Crippen LogP) is 6.03. The van der Waals surface area contributed by atoms with Crippen LogP contribution in [0.3, 0.4) is 0 Å². The second-order valence-electron chi connectivity index (χ2n) is 10.5. The Morgan fingerprint density at radius 3 is 2.21 bits per heavy atom. The van der Waals surface area contributed by atoms with Crippen molar-refractivity contribution in [1.29, 1.82) is 0 Å². The van der Waals surface area contributed by atoms with Gasteiger partial charge in [0.15, 0.2) is 0 Å². The molecule has 43 heavy (non-hydrogen) atoms. The molecule has 0 saturated carbocycles. The lowest BCUT2D eigenvalue weighted by Gasteiger charge is -2.32. The number of methoxy groups -OCH3 is 3. The van der Waals surface area contributed by atoms with Crippen molar-refractivity contribution in [3.8, 4) is 17.2 Å². The maximum absolute atomic E-state index is 14.1. The van der Waals surface area contributed by atoms with Gasteiger partial charge in [0, 0.05) is 37.1 Å². The van der Waals surface area contributed by atoms with Crippen LogP contribution in [0.1, 0.15) is 47.4 Å². The molecule has 0 N–H and O–H groups in total. The number of carbonyl (C=O) groups excluding carboxylic acids is 2. The molecule has 0 aliphatic rings. The highest BCUT2D eigenvalue weighted by molar-refractivity contribution is 5.99. The third kappa shape index (κ3) is 7.97. The third-order valence-corrected chi connectivity index (χ3v) is 7.66. The summed E-state index contributed by atoms with van der Waals surface area (Å²) >= 11 is 0. The number of amides is 2. The lowest BCUT2D eigenvalue weighted by Crippen LogP contribution is -2.46. The maximum atomic E-state index is 14.1. The van der Waals surface area contributed by atoms with Crippen LogP contribution in [-0.2, 0) is 24.4 Å². The molecule has 0 spiro atoms. The maximum Gasteiger partial charge on any atom is 0.258 e. The first-order valence-electron chi connectivity index (χ1n) is 14.5. The first kappa shape index (κ1) is 31.2. The zero-order valence-corrected chi connectivity index (χ0v) is 25.7. The Balaban J connectivity index is 1.61. The normalized spacial score (nSPS) is 11.5. The van der Waals surface area contributed by atoms with Crippen molar-refractivity contribution < 1.29 is 23.8 Å². The van der Waals surface area contributed by atoms with Gasteiger partial charge in [-0.3, -0.25) is 9.59 Å². The van der Waals surface area contributed by atoms with E-state index in [1.165, 1.54) is 7.11 Å². The Bertz CT molecular complexity index is 1500. The molecule has 1 heterocycles. The minimum Gasteiger partial charge on any atom is -0.497 e. The van der Waals surface area contributed by atoms with Crippen molar-refractivity contribution in [3.63, 3.8) is 0 Å². The summed E-state index contributed by atoms with van der Waals surface area (Å²) in [6.07, 6.45) is 2.71. The van der Waals surface area contributed by atoms with E-state index in [1.54, 1.807) is 37.3 Å². The predicted molar refractivity (Wildman–Crippen MR) is 168 cm³/mol. The van der Waals surface area contributed by atoms with Gasteiger partial charge >= 0.3 is 0 Å². The smallest absolute Gasteiger partial charge is 0.258 e. The number of rotatable bonds is 14. The molecule has 0 radical (unpaired) electrons. The van der Waals surface area contributed by atoms with E-state index >= 15 is 0 Å². The highest BCUT2D eigenvalue weighted by Crippen LogP contribution is 2.27. The molecule has 2 amide bonds. The van der Waals surface area contributed by atoms with Crippen LogP contribution >= 0.6 is 0 Å². The molecule has 1 unspecified atom stereocenters. The Labute approximate surface area is 254 Å². The number of carbonyl (C=O) groups is 2. The van der Waals surface area contributed by atoms with Gasteiger partial charge in [0.2, 0.25) is 5.91 Å². The fourth-order valence-electron chi connectivity index (χ4n) is 4.97. The first-order chi connectivity index (χ1) is 20.9. The van der Waals surface area contributed by atoms with E-state index in [1.807, 2.05) is 85.6 Å². The monoisotopic (exact) mass is 583 g/mol. The van der Waals surface area contributed by atoms with Crippen LogP contribution in [0, 0.1) is 0 Å². The largest absolute Gasteiger partial charge is 0.497 e. The minimum absolute atomic E-state index is 0.0630. The van der Waals surface area contributed by atoms with Gasteiger partial charge in [-0.1, -0.05) is 49.4 Å². The van der Waals surface area contributed by atoms with Crippen LogP contribution in [0.2, 0.25) is 0 Å². The number of hydrogen-bond donors (Lipinski definition) is 0. The minimum atomic E-state index is -0.261. The number of aromatic nitrogens is 1. The van der Waals surface area contributed by atoms with Crippen LogP contribution in [-0.4, -0.2) is 60.1 Å². The molecule has 4 aromatic rings. The summed E-state index contributed by atoms with van der Waals surface area (Å²) in [5.41, 5.74) is 3.49. The summed E-state index contributed by atoms with van der Waals surface area (Å²) in [4.78, 5) is 31.4. The van der Waals surface area contributed by atoms with Crippen LogP contribution in [0.15, 0.2) is 91.1 Å². The van der Waals surface area contributed by atoms with E-state index in [2.05, 4.69) is 10.6 Å². The molecule has 1 atom stereocenters. The van der Waals surface area contributed by atoms with Crippen LogP contribution in [0.4, 0.5) is 0 Å². The molecule has 226 valence electrons. The second-order valence-corrected chi connectivity index (χ2v) is 10.5. The summed E-state index contributed by atoms with van der Waals surface area (Å²) in [6, 6.07) is 26.8. The molecule has 0 fully saturated rings. The quantitative estimate of drug-likeness (QED) is 0.181. The van der Waals surface area contributed by atoms with Crippen molar-refractivity contribution >= 4 is 11.8 Å². The summed E-state index contributed by atoms with van der Waals surface area (Å²) in [7, 11) is 4.74. The third-order valence-electron chi connectivity index (χ3n) is 7.66. The Kier molecular flexibility index (Phi) is 10.9. The summed E-state index contributed by atoms with van der Waals surface area (Å²) in [5, 5.41) is 0. The number of hydrogen-bond acceptors (Lipinski definition) is 5. The standard InChI is InChI=1S/C35H41N3O5/c1-6-26(2)38(35(40)32-18-17-31(42-4)21-33(32)43-5)25-34(39)37(22-27-12-8-7-9-13-27)24-29-15-11-19-36(29)23-28-14-10-16-30(20-28)41-3/h7-21,26H,6,22-25H2,1-5H3.